The minimum atomic E-state index is -0.772. The summed E-state index contributed by atoms with van der Waals surface area (Å²) in [5.74, 6) is 1.30. The molecule has 0 aliphatic heterocycles. The first-order valence-corrected chi connectivity index (χ1v) is 12.3. The third kappa shape index (κ3) is 4.28. The molecular formula is C27H30O4S. The van der Waals surface area contributed by atoms with E-state index in [0.717, 1.165) is 42.5 Å². The zero-order valence-electron chi connectivity index (χ0n) is 18.7. The molecule has 0 amide bonds. The average molecular weight is 451 g/mol. The second-order valence-electron chi connectivity index (χ2n) is 9.47. The standard InChI is InChI=1S/C27H30O4S/c1-17-8-13-22(32-17)24(20-11-12-20)25-21(28)14-23(31-26(25)29)27(30-2,16-19-9-10-19)15-18-6-4-3-5-7-18/h3-8,13-14,19-20,24,28H,9-12,15-16H2,1-2H3. The Morgan fingerprint density at radius 1 is 1.16 bits per heavy atom. The smallest absolute Gasteiger partial charge is 0.343 e. The van der Waals surface area contributed by atoms with Gasteiger partial charge in [0.2, 0.25) is 0 Å². The van der Waals surface area contributed by atoms with E-state index in [1.807, 2.05) is 18.2 Å². The number of benzene rings is 1. The van der Waals surface area contributed by atoms with Gasteiger partial charge in [-0.25, -0.2) is 4.79 Å². The number of hydrogen-bond donors (Lipinski definition) is 1. The molecule has 2 fully saturated rings. The van der Waals surface area contributed by atoms with Gasteiger partial charge in [0, 0.05) is 35.3 Å². The summed E-state index contributed by atoms with van der Waals surface area (Å²) in [7, 11) is 1.68. The van der Waals surface area contributed by atoms with Crippen molar-refractivity contribution in [1.29, 1.82) is 0 Å². The fraction of sp³-hybridized carbons (Fsp3) is 0.444. The summed E-state index contributed by atoms with van der Waals surface area (Å²) in [5, 5.41) is 11.2. The van der Waals surface area contributed by atoms with Crippen molar-refractivity contribution in [2.45, 2.75) is 57.0 Å². The largest absolute Gasteiger partial charge is 0.507 e. The first kappa shape index (κ1) is 21.5. The van der Waals surface area contributed by atoms with Gasteiger partial charge in [-0.15, -0.1) is 11.3 Å². The van der Waals surface area contributed by atoms with Crippen molar-refractivity contribution in [3.8, 4) is 5.75 Å². The van der Waals surface area contributed by atoms with E-state index in [0.29, 0.717) is 29.6 Å². The zero-order valence-corrected chi connectivity index (χ0v) is 19.5. The topological polar surface area (TPSA) is 59.7 Å². The van der Waals surface area contributed by atoms with Crippen molar-refractivity contribution in [3.63, 3.8) is 0 Å². The molecular weight excluding hydrogens is 420 g/mol. The molecule has 0 saturated heterocycles. The summed E-state index contributed by atoms with van der Waals surface area (Å²) in [6.07, 6.45) is 5.83. The number of methoxy groups -OCH3 is 1. The van der Waals surface area contributed by atoms with Gasteiger partial charge in [0.1, 0.15) is 17.1 Å². The van der Waals surface area contributed by atoms with Crippen LogP contribution in [0.2, 0.25) is 0 Å². The Bertz CT molecular complexity index is 1140. The maximum absolute atomic E-state index is 13.4. The Balaban J connectivity index is 1.57. The van der Waals surface area contributed by atoms with Gasteiger partial charge in [0.15, 0.2) is 0 Å². The molecule has 2 aromatic heterocycles. The highest BCUT2D eigenvalue weighted by Gasteiger charge is 2.43. The molecule has 5 rings (SSSR count). The Kier molecular flexibility index (Phi) is 5.72. The monoisotopic (exact) mass is 450 g/mol. The number of ether oxygens (including phenoxy) is 1. The zero-order chi connectivity index (χ0) is 22.3. The van der Waals surface area contributed by atoms with E-state index < -0.39 is 11.2 Å². The molecule has 2 aliphatic carbocycles. The number of hydrogen-bond acceptors (Lipinski definition) is 5. The van der Waals surface area contributed by atoms with Crippen LogP contribution in [0, 0.1) is 18.8 Å². The molecule has 0 spiro atoms. The van der Waals surface area contributed by atoms with Gasteiger partial charge in [-0.1, -0.05) is 43.2 Å². The van der Waals surface area contributed by atoms with Crippen molar-refractivity contribution in [1.82, 2.24) is 0 Å². The predicted octanol–water partition coefficient (Wildman–Crippen LogP) is 6.14. The van der Waals surface area contributed by atoms with E-state index in [4.69, 9.17) is 9.15 Å². The molecule has 3 aromatic rings. The fourth-order valence-electron chi connectivity index (χ4n) is 4.89. The van der Waals surface area contributed by atoms with Crippen LogP contribution < -0.4 is 5.63 Å². The van der Waals surface area contributed by atoms with Crippen molar-refractivity contribution < 1.29 is 14.3 Å². The molecule has 2 aliphatic rings. The van der Waals surface area contributed by atoms with Crippen LogP contribution in [0.25, 0.3) is 0 Å². The van der Waals surface area contributed by atoms with Gasteiger partial charge < -0.3 is 14.3 Å². The number of aryl methyl sites for hydroxylation is 1. The van der Waals surface area contributed by atoms with Crippen molar-refractivity contribution in [2.75, 3.05) is 7.11 Å². The maximum atomic E-state index is 13.4. The van der Waals surface area contributed by atoms with Gasteiger partial charge in [0.05, 0.1) is 5.56 Å². The maximum Gasteiger partial charge on any atom is 0.343 e. The van der Waals surface area contributed by atoms with Crippen LogP contribution in [-0.2, 0) is 16.8 Å². The highest BCUT2D eigenvalue weighted by molar-refractivity contribution is 7.12. The first-order chi connectivity index (χ1) is 15.5. The molecule has 5 heteroatoms. The summed E-state index contributed by atoms with van der Waals surface area (Å²) in [6.45, 7) is 2.07. The number of aromatic hydroxyl groups is 1. The van der Waals surface area contributed by atoms with Crippen LogP contribution in [0.3, 0.4) is 0 Å². The van der Waals surface area contributed by atoms with Gasteiger partial charge in [-0.2, -0.15) is 0 Å². The van der Waals surface area contributed by atoms with Crippen molar-refractivity contribution in [2.24, 2.45) is 11.8 Å². The van der Waals surface area contributed by atoms with Gasteiger partial charge >= 0.3 is 5.63 Å². The quantitative estimate of drug-likeness (QED) is 0.425. The van der Waals surface area contributed by atoms with Crippen molar-refractivity contribution in [3.05, 3.63) is 85.6 Å². The van der Waals surface area contributed by atoms with Crippen LogP contribution in [0.5, 0.6) is 5.75 Å². The highest BCUT2D eigenvalue weighted by Crippen LogP contribution is 2.50. The van der Waals surface area contributed by atoms with E-state index in [-0.39, 0.29) is 11.7 Å². The fourth-order valence-corrected chi connectivity index (χ4v) is 5.97. The molecule has 2 heterocycles. The summed E-state index contributed by atoms with van der Waals surface area (Å²) < 4.78 is 12.1. The molecule has 2 unspecified atom stereocenters. The number of thiophene rings is 1. The molecule has 4 nitrogen and oxygen atoms in total. The lowest BCUT2D eigenvalue weighted by atomic mass is 9.85. The summed E-state index contributed by atoms with van der Waals surface area (Å²) >= 11 is 1.69. The Labute approximate surface area is 192 Å². The molecule has 1 aromatic carbocycles. The lowest BCUT2D eigenvalue weighted by molar-refractivity contribution is -0.0457. The second kappa shape index (κ2) is 8.53. The molecule has 1 N–H and O–H groups in total. The first-order valence-electron chi connectivity index (χ1n) is 11.5. The lowest BCUT2D eigenvalue weighted by Crippen LogP contribution is -2.33. The Morgan fingerprint density at radius 3 is 2.47 bits per heavy atom. The van der Waals surface area contributed by atoms with Crippen molar-refractivity contribution >= 4 is 11.3 Å². The Morgan fingerprint density at radius 2 is 1.91 bits per heavy atom. The van der Waals surface area contributed by atoms with E-state index in [1.54, 1.807) is 24.5 Å². The van der Waals surface area contributed by atoms with Gasteiger partial charge in [-0.05, 0) is 55.7 Å². The van der Waals surface area contributed by atoms with Gasteiger partial charge in [0.25, 0.3) is 0 Å². The molecule has 2 atom stereocenters. The molecule has 2 saturated carbocycles. The minimum Gasteiger partial charge on any atom is -0.507 e. The minimum absolute atomic E-state index is 0.0319. The third-order valence-corrected chi connectivity index (χ3v) is 8.01. The predicted molar refractivity (Wildman–Crippen MR) is 126 cm³/mol. The van der Waals surface area contributed by atoms with Crippen LogP contribution in [0.1, 0.15) is 64.7 Å². The van der Waals surface area contributed by atoms with E-state index in [9.17, 15) is 9.90 Å². The van der Waals surface area contributed by atoms with E-state index in [2.05, 4.69) is 31.2 Å². The Hall–Kier alpha value is -2.37. The highest BCUT2D eigenvalue weighted by atomic mass is 32.1. The molecule has 0 bridgehead atoms. The SMILES string of the molecule is COC(Cc1ccccc1)(CC1CC1)c1cc(O)c(C(c2ccc(C)s2)C2CC2)c(=O)o1. The van der Waals surface area contributed by atoms with E-state index >= 15 is 0 Å². The third-order valence-electron chi connectivity index (χ3n) is 6.93. The molecule has 0 radical (unpaired) electrons. The number of rotatable bonds is 9. The lowest BCUT2D eigenvalue weighted by Gasteiger charge is -2.32. The summed E-state index contributed by atoms with van der Waals surface area (Å²) in [5.41, 5.74) is 0.306. The van der Waals surface area contributed by atoms with E-state index in [1.165, 1.54) is 4.88 Å². The second-order valence-corrected chi connectivity index (χ2v) is 10.8. The summed E-state index contributed by atoms with van der Waals surface area (Å²) in [4.78, 5) is 15.7. The summed E-state index contributed by atoms with van der Waals surface area (Å²) in [6, 6.07) is 15.9. The molecule has 168 valence electrons. The normalized spacial score (nSPS) is 18.9. The van der Waals surface area contributed by atoms with Crippen LogP contribution >= 0.6 is 11.3 Å². The van der Waals surface area contributed by atoms with Crippen LogP contribution in [0.4, 0.5) is 0 Å². The average Bonchev–Trinajstić information content (AvgIpc) is 3.71. The van der Waals surface area contributed by atoms with Crippen LogP contribution in [0.15, 0.2) is 57.7 Å². The van der Waals surface area contributed by atoms with Crippen LogP contribution in [-0.4, -0.2) is 12.2 Å². The molecule has 32 heavy (non-hydrogen) atoms. The van der Waals surface area contributed by atoms with Gasteiger partial charge in [-0.3, -0.25) is 0 Å².